The molecule has 0 radical (unpaired) electrons. The second kappa shape index (κ2) is 13.9. The van der Waals surface area contributed by atoms with Gasteiger partial charge in [0.2, 0.25) is 5.91 Å². The Kier molecular flexibility index (Phi) is 10.8. The van der Waals surface area contributed by atoms with Gasteiger partial charge in [0.15, 0.2) is 0 Å². The number of unbranched alkanes of at least 4 members (excludes halogenated alkanes) is 8. The number of carbonyl (C=O) groups excluding carboxylic acids is 1. The number of aliphatic hydroxyl groups is 2. The average molecular weight is 554 g/mol. The molecule has 1 aromatic carbocycles. The van der Waals surface area contributed by atoms with Crippen LogP contribution >= 0.6 is 0 Å². The highest BCUT2D eigenvalue weighted by molar-refractivity contribution is 5.75. The number of hydrogen-bond donors (Lipinski definition) is 3. The van der Waals surface area contributed by atoms with Crippen LogP contribution in [0, 0.1) is 23.2 Å². The lowest BCUT2D eigenvalue weighted by Crippen LogP contribution is -2.45. The molecule has 7 atom stereocenters. The molecule has 3 aliphatic rings. The van der Waals surface area contributed by atoms with Gasteiger partial charge in [-0.1, -0.05) is 77.9 Å². The molecule has 3 N–H and O–H groups in total. The van der Waals surface area contributed by atoms with E-state index in [0.29, 0.717) is 24.2 Å². The van der Waals surface area contributed by atoms with Crippen LogP contribution in [-0.4, -0.2) is 45.8 Å². The Balaban J connectivity index is 1.25. The Morgan fingerprint density at radius 3 is 2.40 bits per heavy atom. The third-order valence-electron chi connectivity index (χ3n) is 11.0. The first-order chi connectivity index (χ1) is 19.2. The Hall–Kier alpha value is -1.85. The van der Waals surface area contributed by atoms with Crippen LogP contribution < -0.4 is 0 Å². The normalized spacial score (nSPS) is 31.0. The summed E-state index contributed by atoms with van der Waals surface area (Å²) >= 11 is 0. The van der Waals surface area contributed by atoms with Crippen molar-refractivity contribution in [2.45, 2.75) is 128 Å². The van der Waals surface area contributed by atoms with Gasteiger partial charge < -0.3 is 20.2 Å². The predicted molar refractivity (Wildman–Crippen MR) is 162 cm³/mol. The van der Waals surface area contributed by atoms with Gasteiger partial charge in [0.05, 0.1) is 12.2 Å². The van der Waals surface area contributed by atoms with Crippen molar-refractivity contribution in [3.8, 4) is 5.75 Å². The van der Waals surface area contributed by atoms with Crippen LogP contribution in [0.4, 0.5) is 0 Å². The number of aliphatic hydroxyl groups excluding tert-OH is 2. The molecule has 2 fully saturated rings. The molecule has 224 valence electrons. The monoisotopic (exact) mass is 553 g/mol. The molecule has 0 aliphatic heterocycles. The molecule has 2 saturated carbocycles. The molecule has 0 bridgehead atoms. The lowest BCUT2D eigenvalue weighted by molar-refractivity contribution is -0.130. The van der Waals surface area contributed by atoms with E-state index in [1.54, 1.807) is 12.1 Å². The fraction of sp³-hybridized carbons (Fsp3) is 0.743. The van der Waals surface area contributed by atoms with E-state index in [-0.39, 0.29) is 23.0 Å². The summed E-state index contributed by atoms with van der Waals surface area (Å²) in [4.78, 5) is 14.1. The minimum atomic E-state index is -0.569. The molecule has 0 aromatic heterocycles. The molecule has 3 unspecified atom stereocenters. The van der Waals surface area contributed by atoms with Gasteiger partial charge in [-0.25, -0.2) is 0 Å². The van der Waals surface area contributed by atoms with E-state index < -0.39 is 12.2 Å². The van der Waals surface area contributed by atoms with Crippen molar-refractivity contribution in [2.24, 2.45) is 23.2 Å². The smallest absolute Gasteiger partial charge is 0.222 e. The maximum atomic E-state index is 12.2. The molecule has 40 heavy (non-hydrogen) atoms. The van der Waals surface area contributed by atoms with E-state index >= 15 is 0 Å². The Morgan fingerprint density at radius 2 is 1.70 bits per heavy atom. The summed E-state index contributed by atoms with van der Waals surface area (Å²) in [6.45, 7) is 9.64. The van der Waals surface area contributed by atoms with Gasteiger partial charge in [-0.3, -0.25) is 4.79 Å². The molecule has 1 aromatic rings. The van der Waals surface area contributed by atoms with Crippen molar-refractivity contribution in [2.75, 3.05) is 13.6 Å². The van der Waals surface area contributed by atoms with Crippen LogP contribution in [-0.2, 0) is 4.79 Å². The van der Waals surface area contributed by atoms with Crippen molar-refractivity contribution in [1.82, 2.24) is 4.90 Å². The van der Waals surface area contributed by atoms with Crippen LogP contribution in [0.5, 0.6) is 5.75 Å². The highest BCUT2D eigenvalue weighted by Crippen LogP contribution is 2.65. The molecule has 0 spiro atoms. The van der Waals surface area contributed by atoms with Gasteiger partial charge >= 0.3 is 0 Å². The fourth-order valence-electron chi connectivity index (χ4n) is 8.45. The van der Waals surface area contributed by atoms with Crippen molar-refractivity contribution in [3.63, 3.8) is 0 Å². The largest absolute Gasteiger partial charge is 0.508 e. The standard InChI is InChI=1S/C35H55NO4/c1-5-6-21-36(4)32(39)16-14-12-10-8-7-9-11-13-15-28-33-27(26-18-17-25(37)22-29(26)34(28)40)19-20-35(3)24(2)31(38)23-30(33)35/h17-18,22,27-28,30-31,33-34,37-38,40H,2,5-16,19-21,23H2,1,3-4H3/t27?,28-,30?,31+,33?,34-,35+/m0/s1. The van der Waals surface area contributed by atoms with E-state index in [1.165, 1.54) is 37.7 Å². The van der Waals surface area contributed by atoms with E-state index in [4.69, 9.17) is 0 Å². The maximum Gasteiger partial charge on any atom is 0.222 e. The molecular weight excluding hydrogens is 498 g/mol. The number of rotatable bonds is 14. The van der Waals surface area contributed by atoms with Gasteiger partial charge in [0.1, 0.15) is 5.75 Å². The second-order valence-corrected chi connectivity index (χ2v) is 13.5. The molecule has 4 rings (SSSR count). The van der Waals surface area contributed by atoms with Crippen molar-refractivity contribution < 1.29 is 20.1 Å². The number of phenolic OH excluding ortho intramolecular Hbond substituents is 1. The van der Waals surface area contributed by atoms with E-state index in [9.17, 15) is 20.1 Å². The summed E-state index contributed by atoms with van der Waals surface area (Å²) in [5.41, 5.74) is 3.06. The van der Waals surface area contributed by atoms with E-state index in [1.807, 2.05) is 18.0 Å². The van der Waals surface area contributed by atoms with Gasteiger partial charge in [-0.2, -0.15) is 0 Å². The van der Waals surface area contributed by atoms with E-state index in [0.717, 1.165) is 75.5 Å². The highest BCUT2D eigenvalue weighted by atomic mass is 16.3. The Labute approximate surface area is 243 Å². The van der Waals surface area contributed by atoms with Crippen molar-refractivity contribution in [1.29, 1.82) is 0 Å². The second-order valence-electron chi connectivity index (χ2n) is 13.5. The zero-order valence-corrected chi connectivity index (χ0v) is 25.4. The lowest BCUT2D eigenvalue weighted by atomic mass is 9.51. The number of phenols is 1. The zero-order chi connectivity index (χ0) is 28.9. The van der Waals surface area contributed by atoms with Crippen molar-refractivity contribution in [3.05, 3.63) is 41.5 Å². The summed E-state index contributed by atoms with van der Waals surface area (Å²) < 4.78 is 0. The van der Waals surface area contributed by atoms with Crippen LogP contribution in [0.25, 0.3) is 0 Å². The number of fused-ring (bicyclic) bond motifs is 5. The van der Waals surface area contributed by atoms with Crippen LogP contribution in [0.15, 0.2) is 30.4 Å². The third kappa shape index (κ3) is 6.62. The molecule has 1 amide bonds. The summed E-state index contributed by atoms with van der Waals surface area (Å²) in [5, 5.41) is 32.6. The number of hydrogen-bond acceptors (Lipinski definition) is 4. The van der Waals surface area contributed by atoms with Gasteiger partial charge in [0, 0.05) is 20.0 Å². The van der Waals surface area contributed by atoms with Crippen LogP contribution in [0.2, 0.25) is 0 Å². The van der Waals surface area contributed by atoms with Gasteiger partial charge in [-0.05, 0) is 96.4 Å². The average Bonchev–Trinajstić information content (AvgIpc) is 3.17. The molecule has 0 saturated heterocycles. The molecule has 5 nitrogen and oxygen atoms in total. The topological polar surface area (TPSA) is 81.0 Å². The first kappa shape index (κ1) is 31.1. The first-order valence-electron chi connectivity index (χ1n) is 16.3. The number of nitrogens with zero attached hydrogens (tertiary/aromatic N) is 1. The third-order valence-corrected chi connectivity index (χ3v) is 11.0. The lowest BCUT2D eigenvalue weighted by Gasteiger charge is -2.53. The fourth-order valence-corrected chi connectivity index (χ4v) is 8.45. The predicted octanol–water partition coefficient (Wildman–Crippen LogP) is 7.65. The zero-order valence-electron chi connectivity index (χ0n) is 25.4. The molecule has 5 heteroatoms. The quantitative estimate of drug-likeness (QED) is 0.163. The molecule has 0 heterocycles. The Bertz CT molecular complexity index is 1010. The number of carbonyl (C=O) groups is 1. The van der Waals surface area contributed by atoms with Crippen LogP contribution in [0.3, 0.4) is 0 Å². The summed E-state index contributed by atoms with van der Waals surface area (Å²) in [7, 11) is 1.92. The van der Waals surface area contributed by atoms with Gasteiger partial charge in [0.25, 0.3) is 0 Å². The van der Waals surface area contributed by atoms with E-state index in [2.05, 4.69) is 20.4 Å². The number of amides is 1. The summed E-state index contributed by atoms with van der Waals surface area (Å²) in [6, 6.07) is 5.59. The number of benzene rings is 1. The summed E-state index contributed by atoms with van der Waals surface area (Å²) in [5.74, 6) is 1.71. The Morgan fingerprint density at radius 1 is 1.02 bits per heavy atom. The highest BCUT2D eigenvalue weighted by Gasteiger charge is 2.58. The van der Waals surface area contributed by atoms with Gasteiger partial charge in [-0.15, -0.1) is 0 Å². The minimum Gasteiger partial charge on any atom is -0.508 e. The van der Waals surface area contributed by atoms with Crippen LogP contribution in [0.1, 0.15) is 133 Å². The number of aromatic hydroxyl groups is 1. The maximum absolute atomic E-state index is 12.2. The van der Waals surface area contributed by atoms with Crippen molar-refractivity contribution >= 4 is 5.91 Å². The first-order valence-corrected chi connectivity index (χ1v) is 16.3. The SMILES string of the molecule is C=C1[C@H](O)CC2C3C(CC[C@]12C)c1ccc(O)cc1[C@@H](O)[C@H]3CCCCCCCCCCC(=O)N(C)CCCC. The molecule has 3 aliphatic carbocycles. The molecular formula is C35H55NO4. The summed E-state index contributed by atoms with van der Waals surface area (Å²) in [6.07, 6.45) is 15.0. The minimum absolute atomic E-state index is 0.0531.